The lowest BCUT2D eigenvalue weighted by Crippen LogP contribution is -2.41. The summed E-state index contributed by atoms with van der Waals surface area (Å²) in [5.74, 6) is 2.24. The molecule has 1 saturated heterocycles. The fraction of sp³-hybridized carbons (Fsp3) is 0.450. The topological polar surface area (TPSA) is 53.7 Å². The van der Waals surface area contributed by atoms with Gasteiger partial charge in [-0.1, -0.05) is 30.3 Å². The second-order valence-electron chi connectivity index (χ2n) is 6.59. The second kappa shape index (κ2) is 8.59. The molecule has 1 unspecified atom stereocenters. The molecule has 2 aromatic rings. The molecule has 25 heavy (non-hydrogen) atoms. The maximum Gasteiger partial charge on any atom is 0.289 e. The van der Waals surface area contributed by atoms with Gasteiger partial charge in [0.1, 0.15) is 5.76 Å². The average Bonchev–Trinajstić information content (AvgIpc) is 3.11. The van der Waals surface area contributed by atoms with Crippen molar-refractivity contribution >= 4 is 17.7 Å². The van der Waals surface area contributed by atoms with E-state index < -0.39 is 0 Å². The van der Waals surface area contributed by atoms with E-state index in [0.29, 0.717) is 25.3 Å². The van der Waals surface area contributed by atoms with Crippen LogP contribution in [0.25, 0.3) is 0 Å². The Morgan fingerprint density at radius 1 is 1.24 bits per heavy atom. The van der Waals surface area contributed by atoms with Crippen LogP contribution in [0.2, 0.25) is 0 Å². The monoisotopic (exact) mass is 359 g/mol. The van der Waals surface area contributed by atoms with Crippen molar-refractivity contribution in [2.75, 3.05) is 19.3 Å². The number of aliphatic hydroxyl groups excluding tert-OH is 1. The van der Waals surface area contributed by atoms with Gasteiger partial charge in [0, 0.05) is 13.1 Å². The summed E-state index contributed by atoms with van der Waals surface area (Å²) in [6, 6.07) is 13.7. The number of likely N-dealkylation sites (tertiary alicyclic amines) is 1. The Kier molecular flexibility index (Phi) is 6.21. The Balaban J connectivity index is 1.51. The normalized spacial score (nSPS) is 16.8. The molecule has 1 aromatic heterocycles. The van der Waals surface area contributed by atoms with Gasteiger partial charge in [0.25, 0.3) is 5.91 Å². The van der Waals surface area contributed by atoms with E-state index in [1.165, 1.54) is 0 Å². The molecular weight excluding hydrogens is 334 g/mol. The molecule has 1 aliphatic heterocycles. The van der Waals surface area contributed by atoms with E-state index in [1.807, 2.05) is 47.6 Å². The average molecular weight is 359 g/mol. The number of carbonyl (C=O) groups is 1. The van der Waals surface area contributed by atoms with Crippen molar-refractivity contribution in [2.24, 2.45) is 5.92 Å². The largest absolute Gasteiger partial charge is 0.455 e. The van der Waals surface area contributed by atoms with Crippen molar-refractivity contribution < 1.29 is 14.3 Å². The number of aliphatic hydroxyl groups is 1. The summed E-state index contributed by atoms with van der Waals surface area (Å²) in [4.78, 5) is 14.4. The molecule has 1 aromatic carbocycles. The Hall–Kier alpha value is -1.72. The van der Waals surface area contributed by atoms with E-state index in [2.05, 4.69) is 0 Å². The van der Waals surface area contributed by atoms with Gasteiger partial charge in [-0.25, -0.2) is 0 Å². The zero-order valence-corrected chi connectivity index (χ0v) is 15.4. The van der Waals surface area contributed by atoms with E-state index >= 15 is 0 Å². The number of rotatable bonds is 6. The number of thioether (sulfide) groups is 1. The third-order valence-corrected chi connectivity index (χ3v) is 5.39. The number of hydrogen-bond acceptors (Lipinski definition) is 4. The SMILES string of the molecule is CSCc1ccc(C(=O)N2CCC(C(O)Cc3ccccc3)CC2)o1. The number of nitrogens with zero attached hydrogens (tertiary/aromatic N) is 1. The number of piperidine rings is 1. The molecule has 4 nitrogen and oxygen atoms in total. The van der Waals surface area contributed by atoms with Crippen LogP contribution in [0.15, 0.2) is 46.9 Å². The first kappa shape index (κ1) is 18.1. The molecule has 2 heterocycles. The lowest BCUT2D eigenvalue weighted by molar-refractivity contribution is 0.0447. The fourth-order valence-corrected chi connectivity index (χ4v) is 3.82. The summed E-state index contributed by atoms with van der Waals surface area (Å²) in [6.45, 7) is 1.35. The first-order chi connectivity index (χ1) is 12.2. The van der Waals surface area contributed by atoms with Gasteiger partial charge in [0.15, 0.2) is 5.76 Å². The lowest BCUT2D eigenvalue weighted by atomic mass is 9.88. The van der Waals surface area contributed by atoms with Crippen LogP contribution in [-0.2, 0) is 12.2 Å². The predicted octanol–water partition coefficient (Wildman–Crippen LogP) is 3.60. The van der Waals surface area contributed by atoms with Crippen LogP contribution in [0.4, 0.5) is 0 Å². The third-order valence-electron chi connectivity index (χ3n) is 4.82. The van der Waals surface area contributed by atoms with E-state index in [-0.39, 0.29) is 17.9 Å². The van der Waals surface area contributed by atoms with E-state index in [1.54, 1.807) is 17.8 Å². The molecule has 1 N–H and O–H groups in total. The van der Waals surface area contributed by atoms with Gasteiger partial charge in [-0.05, 0) is 49.1 Å². The summed E-state index contributed by atoms with van der Waals surface area (Å²) in [5.41, 5.74) is 1.16. The molecule has 1 fully saturated rings. The van der Waals surface area contributed by atoms with Gasteiger partial charge >= 0.3 is 0 Å². The lowest BCUT2D eigenvalue weighted by Gasteiger charge is -2.34. The molecular formula is C20H25NO3S. The Morgan fingerprint density at radius 3 is 2.64 bits per heavy atom. The molecule has 0 saturated carbocycles. The van der Waals surface area contributed by atoms with Crippen LogP contribution < -0.4 is 0 Å². The predicted molar refractivity (Wildman–Crippen MR) is 101 cm³/mol. The molecule has 134 valence electrons. The van der Waals surface area contributed by atoms with Crippen LogP contribution in [0.3, 0.4) is 0 Å². The second-order valence-corrected chi connectivity index (χ2v) is 7.45. The van der Waals surface area contributed by atoms with Gasteiger partial charge in [-0.2, -0.15) is 11.8 Å². The molecule has 3 rings (SSSR count). The maximum atomic E-state index is 12.5. The summed E-state index contributed by atoms with van der Waals surface area (Å²) >= 11 is 1.67. The highest BCUT2D eigenvalue weighted by molar-refractivity contribution is 7.97. The van der Waals surface area contributed by atoms with E-state index in [9.17, 15) is 9.90 Å². The van der Waals surface area contributed by atoms with Crippen molar-refractivity contribution in [1.29, 1.82) is 0 Å². The molecule has 5 heteroatoms. The fourth-order valence-electron chi connectivity index (χ4n) is 3.38. The minimum absolute atomic E-state index is 0.0386. The summed E-state index contributed by atoms with van der Waals surface area (Å²) in [5, 5.41) is 10.5. The zero-order valence-electron chi connectivity index (χ0n) is 14.6. The third kappa shape index (κ3) is 4.67. The smallest absolute Gasteiger partial charge is 0.289 e. The molecule has 0 bridgehead atoms. The standard InChI is InChI=1S/C20H25NO3S/c1-25-14-17-7-8-19(24-17)20(23)21-11-9-16(10-12-21)18(22)13-15-5-3-2-4-6-15/h2-8,16,18,22H,9-14H2,1H3. The molecule has 0 aliphatic carbocycles. The number of furan rings is 1. The van der Waals surface area contributed by atoms with Gasteiger partial charge < -0.3 is 14.4 Å². The highest BCUT2D eigenvalue weighted by Gasteiger charge is 2.29. The van der Waals surface area contributed by atoms with Crippen LogP contribution in [0.5, 0.6) is 0 Å². The van der Waals surface area contributed by atoms with Crippen molar-refractivity contribution in [3.63, 3.8) is 0 Å². The van der Waals surface area contributed by atoms with Gasteiger partial charge in [0.2, 0.25) is 0 Å². The van der Waals surface area contributed by atoms with Crippen LogP contribution in [-0.4, -0.2) is 41.4 Å². The molecule has 0 radical (unpaired) electrons. The molecule has 0 spiro atoms. The number of carbonyl (C=O) groups excluding carboxylic acids is 1. The Morgan fingerprint density at radius 2 is 1.96 bits per heavy atom. The Labute approximate surface area is 153 Å². The van der Waals surface area contributed by atoms with Crippen molar-refractivity contribution in [1.82, 2.24) is 4.90 Å². The number of amides is 1. The molecule has 1 aliphatic rings. The zero-order chi connectivity index (χ0) is 17.6. The van der Waals surface area contributed by atoms with Gasteiger partial charge in [-0.3, -0.25) is 4.79 Å². The first-order valence-electron chi connectivity index (χ1n) is 8.76. The van der Waals surface area contributed by atoms with Crippen molar-refractivity contribution in [3.05, 3.63) is 59.5 Å². The summed E-state index contributed by atoms with van der Waals surface area (Å²) in [7, 11) is 0. The quantitative estimate of drug-likeness (QED) is 0.856. The molecule has 1 amide bonds. The first-order valence-corrected chi connectivity index (χ1v) is 10.2. The highest BCUT2D eigenvalue weighted by Crippen LogP contribution is 2.25. The van der Waals surface area contributed by atoms with Gasteiger partial charge in [-0.15, -0.1) is 0 Å². The van der Waals surface area contributed by atoms with E-state index in [4.69, 9.17) is 4.42 Å². The number of benzene rings is 1. The van der Waals surface area contributed by atoms with Crippen LogP contribution in [0.1, 0.15) is 34.7 Å². The van der Waals surface area contributed by atoms with Crippen molar-refractivity contribution in [2.45, 2.75) is 31.1 Å². The van der Waals surface area contributed by atoms with Crippen LogP contribution >= 0.6 is 11.8 Å². The molecule has 1 atom stereocenters. The summed E-state index contributed by atoms with van der Waals surface area (Å²) in [6.07, 6.45) is 4.00. The Bertz CT molecular complexity index is 677. The minimum Gasteiger partial charge on any atom is -0.455 e. The van der Waals surface area contributed by atoms with Crippen molar-refractivity contribution in [3.8, 4) is 0 Å². The number of hydrogen-bond donors (Lipinski definition) is 1. The highest BCUT2D eigenvalue weighted by atomic mass is 32.2. The maximum absolute atomic E-state index is 12.5. The van der Waals surface area contributed by atoms with E-state index in [0.717, 1.165) is 29.9 Å². The van der Waals surface area contributed by atoms with Gasteiger partial charge in [0.05, 0.1) is 11.9 Å². The van der Waals surface area contributed by atoms with Crippen LogP contribution in [0, 0.1) is 5.92 Å². The minimum atomic E-state index is -0.351. The summed E-state index contributed by atoms with van der Waals surface area (Å²) < 4.78 is 5.63.